The van der Waals surface area contributed by atoms with Crippen LogP contribution in [-0.4, -0.2) is 5.43 Å². The van der Waals surface area contributed by atoms with Gasteiger partial charge in [-0.05, 0) is 11.4 Å². The van der Waals surface area contributed by atoms with Crippen LogP contribution in [0, 0.1) is 27.7 Å². The molecule has 0 fully saturated rings. The second kappa shape index (κ2) is 12.1. The predicted octanol–water partition coefficient (Wildman–Crippen LogP) is 8.86. The topological polar surface area (TPSA) is 0 Å². The summed E-state index contributed by atoms with van der Waals surface area (Å²) in [5.74, 6) is 0. The average molecular weight is 524 g/mol. The fourth-order valence-electron chi connectivity index (χ4n) is 3.68. The molecule has 0 spiro atoms. The molecular formula is C28H33ClSiZr. The van der Waals surface area contributed by atoms with Gasteiger partial charge < -0.3 is 0 Å². The van der Waals surface area contributed by atoms with E-state index in [1.165, 1.54) is 44.3 Å². The van der Waals surface area contributed by atoms with Crippen molar-refractivity contribution in [2.75, 3.05) is 0 Å². The van der Waals surface area contributed by atoms with Crippen LogP contribution >= 0.6 is 11.6 Å². The van der Waals surface area contributed by atoms with Crippen molar-refractivity contribution in [1.29, 1.82) is 0 Å². The van der Waals surface area contributed by atoms with Crippen molar-refractivity contribution in [3.63, 3.8) is 0 Å². The van der Waals surface area contributed by atoms with Crippen molar-refractivity contribution in [3.05, 3.63) is 93.5 Å². The van der Waals surface area contributed by atoms with E-state index in [-0.39, 0.29) is 5.43 Å². The van der Waals surface area contributed by atoms with Crippen LogP contribution in [0.3, 0.4) is 0 Å². The molecular weight excluding hydrogens is 491 g/mol. The van der Waals surface area contributed by atoms with E-state index >= 15 is 0 Å². The van der Waals surface area contributed by atoms with Gasteiger partial charge in [-0.1, -0.05) is 82.6 Å². The van der Waals surface area contributed by atoms with Gasteiger partial charge >= 0.3 is 41.9 Å². The van der Waals surface area contributed by atoms with E-state index in [9.17, 15) is 0 Å². The van der Waals surface area contributed by atoms with Gasteiger partial charge in [0, 0.05) is 0 Å². The molecule has 0 unspecified atom stereocenters. The smallest absolute Gasteiger partial charge is 0.0632 e. The van der Waals surface area contributed by atoms with E-state index < -0.39 is 0 Å². The van der Waals surface area contributed by atoms with Crippen molar-refractivity contribution in [2.24, 2.45) is 0 Å². The third kappa shape index (κ3) is 6.88. The number of hydrogen-bond donors (Lipinski definition) is 0. The first-order valence-corrected chi connectivity index (χ1v) is 17.4. The molecule has 4 aromatic carbocycles. The molecule has 0 aliphatic heterocycles. The van der Waals surface area contributed by atoms with Gasteiger partial charge in [-0.2, -0.15) is 28.3 Å². The number of halogens is 1. The van der Waals surface area contributed by atoms with Crippen LogP contribution in [0.1, 0.15) is 34.7 Å². The summed E-state index contributed by atoms with van der Waals surface area (Å²) in [7, 11) is 0. The second-order valence-electron chi connectivity index (χ2n) is 8.23. The van der Waals surface area contributed by atoms with Gasteiger partial charge in [0.15, 0.2) is 0 Å². The zero-order valence-electron chi connectivity index (χ0n) is 19.9. The van der Waals surface area contributed by atoms with Gasteiger partial charge in [0.25, 0.3) is 0 Å². The molecule has 0 radical (unpaired) electrons. The minimum atomic E-state index is 0.210. The van der Waals surface area contributed by atoms with Crippen LogP contribution in [0.4, 0.5) is 0 Å². The molecule has 0 nitrogen and oxygen atoms in total. The monoisotopic (exact) mass is 522 g/mol. The summed E-state index contributed by atoms with van der Waals surface area (Å²) >= 11 is 8.03. The van der Waals surface area contributed by atoms with E-state index in [0.717, 1.165) is 16.8 Å². The normalized spacial score (nSPS) is 10.3. The molecule has 3 heteroatoms. The van der Waals surface area contributed by atoms with Gasteiger partial charge in [-0.3, -0.25) is 0 Å². The summed E-state index contributed by atoms with van der Waals surface area (Å²) in [6.45, 7) is 15.5. The first-order valence-electron chi connectivity index (χ1n) is 10.8. The largest absolute Gasteiger partial charge is 0.196 e. The van der Waals surface area contributed by atoms with Crippen molar-refractivity contribution < 1.29 is 23.3 Å². The Bertz CT molecular complexity index is 1120. The molecule has 0 aliphatic carbocycles. The van der Waals surface area contributed by atoms with Crippen molar-refractivity contribution in [2.45, 2.75) is 54.1 Å². The minimum Gasteiger partial charge on any atom is -0.196 e. The molecule has 0 aliphatic rings. The standard InChI is InChI=1S/C17H14Cl.C9H13.C2H6Si.Zr/c1-2-12-11-15-14(9-6-10-16(15)18)17(12)13-7-4-3-5-8-13;1-6-5-7(2)9(4)8(6)3;1-3-2;/h3-11H,2H2,1H3;5H,1-4H3;1-2H3;/q2*-1;;+2. The van der Waals surface area contributed by atoms with Gasteiger partial charge in [0.05, 0.1) is 0 Å². The van der Waals surface area contributed by atoms with E-state index in [2.05, 4.69) is 90.2 Å². The minimum absolute atomic E-state index is 0.210. The summed E-state index contributed by atoms with van der Waals surface area (Å²) in [6, 6.07) is 21.1. The van der Waals surface area contributed by atoms with Crippen LogP contribution in [-0.2, 0) is 29.8 Å². The molecule has 0 saturated heterocycles. The van der Waals surface area contributed by atoms with Crippen molar-refractivity contribution in [1.82, 2.24) is 0 Å². The van der Waals surface area contributed by atoms with Gasteiger partial charge in [-0.25, -0.2) is 0 Å². The second-order valence-corrected chi connectivity index (χ2v) is 18.0. The predicted molar refractivity (Wildman–Crippen MR) is 138 cm³/mol. The summed E-state index contributed by atoms with van der Waals surface area (Å²) in [6.07, 6.45) is 1.02. The van der Waals surface area contributed by atoms with Gasteiger partial charge in [0.2, 0.25) is 0 Å². The van der Waals surface area contributed by atoms with E-state index in [1.54, 1.807) is 23.3 Å². The molecule has 160 valence electrons. The fourth-order valence-corrected chi connectivity index (χ4v) is 3.91. The van der Waals surface area contributed by atoms with Crippen molar-refractivity contribution >= 4 is 27.8 Å². The third-order valence-corrected chi connectivity index (χ3v) is 5.91. The third-order valence-electron chi connectivity index (χ3n) is 5.58. The quantitative estimate of drug-likeness (QED) is 0.182. The number of fused-ring (bicyclic) bond motifs is 1. The number of rotatable bonds is 2. The molecule has 4 aromatic rings. The van der Waals surface area contributed by atoms with E-state index in [4.69, 9.17) is 11.6 Å². The van der Waals surface area contributed by atoms with Crippen LogP contribution in [0.15, 0.2) is 60.7 Å². The number of aryl methyl sites for hydroxylation is 3. The zero-order chi connectivity index (χ0) is 23.1. The van der Waals surface area contributed by atoms with Gasteiger partial charge in [0.1, 0.15) is 0 Å². The van der Waals surface area contributed by atoms with Crippen LogP contribution in [0.25, 0.3) is 21.9 Å². The average Bonchev–Trinajstić information content (AvgIpc) is 3.22. The Labute approximate surface area is 208 Å². The molecule has 0 amide bonds. The summed E-state index contributed by atoms with van der Waals surface area (Å²) in [5.41, 5.74) is 9.92. The molecule has 4 rings (SSSR count). The Morgan fingerprint density at radius 3 is 1.84 bits per heavy atom. The molecule has 0 atom stereocenters. The van der Waals surface area contributed by atoms with Crippen LogP contribution < -0.4 is 0 Å². The molecule has 0 heterocycles. The van der Waals surface area contributed by atoms with Crippen LogP contribution in [0.2, 0.25) is 18.1 Å². The first-order chi connectivity index (χ1) is 14.7. The SMILES string of the molecule is CCc1[cH-]c2c(Cl)cccc2c1-c1ccccc1.C[Si](C)=[Zr+2].Cc1[cH-]c(C)c(C)c1C. The van der Waals surface area contributed by atoms with Crippen LogP contribution in [0.5, 0.6) is 0 Å². The maximum absolute atomic E-state index is 6.29. The Morgan fingerprint density at radius 2 is 1.39 bits per heavy atom. The van der Waals surface area contributed by atoms with E-state index in [0.29, 0.717) is 0 Å². The Hall–Kier alpha value is -1.21. The molecule has 0 bridgehead atoms. The first kappa shape index (κ1) is 26.0. The Balaban J connectivity index is 0.000000220. The Kier molecular flexibility index (Phi) is 10.2. The maximum atomic E-state index is 6.29. The fraction of sp³-hybridized carbons (Fsp3) is 0.286. The van der Waals surface area contributed by atoms with Gasteiger partial charge in [-0.15, -0.1) is 45.6 Å². The van der Waals surface area contributed by atoms with E-state index in [1.807, 2.05) is 18.2 Å². The molecule has 31 heavy (non-hydrogen) atoms. The molecule has 0 saturated carbocycles. The summed E-state index contributed by atoms with van der Waals surface area (Å²) in [5, 5.41) is 3.25. The van der Waals surface area contributed by atoms with Crippen molar-refractivity contribution in [3.8, 4) is 11.1 Å². The maximum Gasteiger partial charge on any atom is -0.0632 e. The number of hydrogen-bond acceptors (Lipinski definition) is 0. The Morgan fingerprint density at radius 1 is 0.839 bits per heavy atom. The summed E-state index contributed by atoms with van der Waals surface area (Å²) in [4.78, 5) is 0. The zero-order valence-corrected chi connectivity index (χ0v) is 24.1. The number of benzene rings is 2. The molecule has 0 aromatic heterocycles. The molecule has 0 N–H and O–H groups in total. The summed E-state index contributed by atoms with van der Waals surface area (Å²) < 4.78 is 0.